The molecule has 0 spiro atoms. The first kappa shape index (κ1) is 14.3. The zero-order chi connectivity index (χ0) is 13.2. The molecular formula is C16H32N2. The highest BCUT2D eigenvalue weighted by molar-refractivity contribution is 4.91. The number of hydrogen-bond acceptors (Lipinski definition) is 2. The van der Waals surface area contributed by atoms with Crippen LogP contribution >= 0.6 is 0 Å². The molecule has 1 aliphatic carbocycles. The van der Waals surface area contributed by atoms with E-state index >= 15 is 0 Å². The van der Waals surface area contributed by atoms with Crippen molar-refractivity contribution in [1.82, 2.24) is 10.2 Å². The summed E-state index contributed by atoms with van der Waals surface area (Å²) in [5, 5.41) is 3.69. The van der Waals surface area contributed by atoms with Gasteiger partial charge in [0.15, 0.2) is 0 Å². The molecule has 1 saturated carbocycles. The Balaban J connectivity index is 1.78. The number of hydrogen-bond donors (Lipinski definition) is 1. The Morgan fingerprint density at radius 3 is 2.39 bits per heavy atom. The van der Waals surface area contributed by atoms with Gasteiger partial charge in [-0.3, -0.25) is 0 Å². The predicted molar refractivity (Wildman–Crippen MR) is 78.9 cm³/mol. The van der Waals surface area contributed by atoms with Crippen molar-refractivity contribution in [2.75, 3.05) is 26.2 Å². The van der Waals surface area contributed by atoms with Crippen molar-refractivity contribution < 1.29 is 0 Å². The third-order valence-corrected chi connectivity index (χ3v) is 5.12. The van der Waals surface area contributed by atoms with E-state index < -0.39 is 0 Å². The van der Waals surface area contributed by atoms with Gasteiger partial charge in [-0.15, -0.1) is 0 Å². The zero-order valence-corrected chi connectivity index (χ0v) is 12.9. The van der Waals surface area contributed by atoms with E-state index in [1.807, 2.05) is 0 Å². The second-order valence-corrected chi connectivity index (χ2v) is 7.49. The Morgan fingerprint density at radius 2 is 1.89 bits per heavy atom. The first-order chi connectivity index (χ1) is 8.49. The molecule has 0 amide bonds. The molecule has 1 saturated heterocycles. The summed E-state index contributed by atoms with van der Waals surface area (Å²) in [5.74, 6) is 0. The Labute approximate surface area is 114 Å². The molecule has 2 aliphatic rings. The molecule has 0 aromatic heterocycles. The monoisotopic (exact) mass is 252 g/mol. The standard InChI is InChI=1S/C16H32N2/c1-5-16(6-2)9-10-18(13-16)12-15(3,4)11-17-14-7-8-14/h14,17H,5-13H2,1-4H3. The van der Waals surface area contributed by atoms with Crippen LogP contribution < -0.4 is 5.32 Å². The quantitative estimate of drug-likeness (QED) is 0.748. The molecule has 1 aliphatic heterocycles. The van der Waals surface area contributed by atoms with Crippen LogP contribution in [0.2, 0.25) is 0 Å². The van der Waals surface area contributed by atoms with E-state index in [1.54, 1.807) is 0 Å². The maximum atomic E-state index is 3.69. The van der Waals surface area contributed by atoms with E-state index in [1.165, 1.54) is 58.3 Å². The van der Waals surface area contributed by atoms with Crippen LogP contribution in [-0.2, 0) is 0 Å². The van der Waals surface area contributed by atoms with Crippen LogP contribution in [0, 0.1) is 10.8 Å². The van der Waals surface area contributed by atoms with Crippen LogP contribution in [0.25, 0.3) is 0 Å². The minimum Gasteiger partial charge on any atom is -0.313 e. The van der Waals surface area contributed by atoms with Gasteiger partial charge in [-0.25, -0.2) is 0 Å². The maximum absolute atomic E-state index is 3.69. The van der Waals surface area contributed by atoms with E-state index in [0.29, 0.717) is 10.8 Å². The SMILES string of the molecule is CCC1(CC)CCN(CC(C)(C)CNC2CC2)C1. The van der Waals surface area contributed by atoms with Crippen molar-refractivity contribution in [1.29, 1.82) is 0 Å². The summed E-state index contributed by atoms with van der Waals surface area (Å²) in [7, 11) is 0. The van der Waals surface area contributed by atoms with Crippen molar-refractivity contribution >= 4 is 0 Å². The first-order valence-corrected chi connectivity index (χ1v) is 7.94. The summed E-state index contributed by atoms with van der Waals surface area (Å²) in [6, 6.07) is 0.841. The summed E-state index contributed by atoms with van der Waals surface area (Å²) < 4.78 is 0. The molecule has 1 N–H and O–H groups in total. The highest BCUT2D eigenvalue weighted by atomic mass is 15.2. The smallest absolute Gasteiger partial charge is 0.00684 e. The molecule has 18 heavy (non-hydrogen) atoms. The topological polar surface area (TPSA) is 15.3 Å². The largest absolute Gasteiger partial charge is 0.313 e. The molecule has 2 fully saturated rings. The highest BCUT2D eigenvalue weighted by Gasteiger charge is 2.37. The van der Waals surface area contributed by atoms with Gasteiger partial charge >= 0.3 is 0 Å². The second-order valence-electron chi connectivity index (χ2n) is 7.49. The molecular weight excluding hydrogens is 220 g/mol. The molecule has 0 unspecified atom stereocenters. The van der Waals surface area contributed by atoms with Crippen LogP contribution in [0.15, 0.2) is 0 Å². The van der Waals surface area contributed by atoms with Crippen molar-refractivity contribution in [3.8, 4) is 0 Å². The number of nitrogens with zero attached hydrogens (tertiary/aromatic N) is 1. The molecule has 0 aromatic rings. The summed E-state index contributed by atoms with van der Waals surface area (Å²) in [6.45, 7) is 14.6. The van der Waals surface area contributed by atoms with Gasteiger partial charge < -0.3 is 10.2 Å². The Bertz CT molecular complexity index is 264. The lowest BCUT2D eigenvalue weighted by molar-refractivity contribution is 0.175. The molecule has 2 rings (SSSR count). The average Bonchev–Trinajstić information content (AvgIpc) is 3.09. The molecule has 1 heterocycles. The van der Waals surface area contributed by atoms with Gasteiger partial charge in [0.25, 0.3) is 0 Å². The van der Waals surface area contributed by atoms with Gasteiger partial charge in [-0.1, -0.05) is 27.7 Å². The molecule has 0 aromatic carbocycles. The predicted octanol–water partition coefficient (Wildman–Crippen LogP) is 3.28. The maximum Gasteiger partial charge on any atom is 0.00684 e. The van der Waals surface area contributed by atoms with Crippen molar-refractivity contribution in [2.24, 2.45) is 10.8 Å². The number of rotatable bonds is 7. The third-order valence-electron chi connectivity index (χ3n) is 5.12. The van der Waals surface area contributed by atoms with E-state index in [4.69, 9.17) is 0 Å². The Hall–Kier alpha value is -0.0800. The Kier molecular flexibility index (Phi) is 4.38. The third kappa shape index (κ3) is 3.71. The molecule has 2 heteroatoms. The van der Waals surface area contributed by atoms with Gasteiger partial charge in [-0.05, 0) is 49.5 Å². The van der Waals surface area contributed by atoms with E-state index in [9.17, 15) is 0 Å². The Morgan fingerprint density at radius 1 is 1.22 bits per heavy atom. The van der Waals surface area contributed by atoms with Crippen molar-refractivity contribution in [3.63, 3.8) is 0 Å². The lowest BCUT2D eigenvalue weighted by Crippen LogP contribution is -2.41. The van der Waals surface area contributed by atoms with Crippen LogP contribution in [0.4, 0.5) is 0 Å². The summed E-state index contributed by atoms with van der Waals surface area (Å²) in [4.78, 5) is 2.71. The molecule has 0 atom stereocenters. The van der Waals surface area contributed by atoms with Crippen LogP contribution in [0.1, 0.15) is 59.8 Å². The van der Waals surface area contributed by atoms with Gasteiger partial charge in [0.05, 0.1) is 0 Å². The molecule has 0 bridgehead atoms. The molecule has 2 nitrogen and oxygen atoms in total. The highest BCUT2D eigenvalue weighted by Crippen LogP contribution is 2.38. The first-order valence-electron chi connectivity index (χ1n) is 7.94. The summed E-state index contributed by atoms with van der Waals surface area (Å²) >= 11 is 0. The lowest BCUT2D eigenvalue weighted by Gasteiger charge is -2.32. The minimum absolute atomic E-state index is 0.417. The van der Waals surface area contributed by atoms with Crippen molar-refractivity contribution in [3.05, 3.63) is 0 Å². The van der Waals surface area contributed by atoms with E-state index in [0.717, 1.165) is 6.04 Å². The molecule has 0 radical (unpaired) electrons. The average molecular weight is 252 g/mol. The zero-order valence-electron chi connectivity index (χ0n) is 12.9. The number of nitrogens with one attached hydrogen (secondary N) is 1. The van der Waals surface area contributed by atoms with Crippen molar-refractivity contribution in [2.45, 2.75) is 65.8 Å². The van der Waals surface area contributed by atoms with Gasteiger partial charge in [0.1, 0.15) is 0 Å². The van der Waals surface area contributed by atoms with Gasteiger partial charge in [0, 0.05) is 25.7 Å². The fraction of sp³-hybridized carbons (Fsp3) is 1.00. The summed E-state index contributed by atoms with van der Waals surface area (Å²) in [6.07, 6.45) is 6.90. The molecule has 106 valence electrons. The summed E-state index contributed by atoms with van der Waals surface area (Å²) in [5.41, 5.74) is 1.04. The van der Waals surface area contributed by atoms with Gasteiger partial charge in [-0.2, -0.15) is 0 Å². The minimum atomic E-state index is 0.417. The lowest BCUT2D eigenvalue weighted by atomic mass is 9.82. The van der Waals surface area contributed by atoms with E-state index in [-0.39, 0.29) is 0 Å². The van der Waals surface area contributed by atoms with E-state index in [2.05, 4.69) is 37.9 Å². The normalized spacial score (nSPS) is 24.7. The van der Waals surface area contributed by atoms with Crippen LogP contribution in [-0.4, -0.2) is 37.1 Å². The van der Waals surface area contributed by atoms with Gasteiger partial charge in [0.2, 0.25) is 0 Å². The fourth-order valence-corrected chi connectivity index (χ4v) is 3.36. The second kappa shape index (κ2) is 5.50. The number of likely N-dealkylation sites (tertiary alicyclic amines) is 1. The van der Waals surface area contributed by atoms with Crippen LogP contribution in [0.5, 0.6) is 0 Å². The fourth-order valence-electron chi connectivity index (χ4n) is 3.36. The van der Waals surface area contributed by atoms with Crippen LogP contribution in [0.3, 0.4) is 0 Å².